The van der Waals surface area contributed by atoms with Gasteiger partial charge in [-0.25, -0.2) is 0 Å². The van der Waals surface area contributed by atoms with E-state index in [9.17, 15) is 4.79 Å². The van der Waals surface area contributed by atoms with Crippen LogP contribution < -0.4 is 16.4 Å². The van der Waals surface area contributed by atoms with Gasteiger partial charge in [0.25, 0.3) is 0 Å². The normalized spacial score (nSPS) is 9.56. The summed E-state index contributed by atoms with van der Waals surface area (Å²) in [5, 5.41) is 5.82. The fraction of sp³-hybridized carbons (Fsp3) is 0.273. The highest BCUT2D eigenvalue weighted by Crippen LogP contribution is 2.13. The largest absolute Gasteiger partial charge is 0.376 e. The molecule has 86 valence electrons. The van der Waals surface area contributed by atoms with Gasteiger partial charge in [-0.05, 0) is 42.9 Å². The number of carbonyl (C=O) groups excluding carboxylic acids is 1. The Morgan fingerprint density at radius 3 is 2.19 bits per heavy atom. The molecule has 0 saturated carbocycles. The number of hydrogen-bond donors (Lipinski definition) is 3. The van der Waals surface area contributed by atoms with E-state index in [0.717, 1.165) is 17.8 Å². The van der Waals surface area contributed by atoms with E-state index in [4.69, 9.17) is 18.0 Å². The SMILES string of the molecule is CCCC(=O)Nc1ccc(NC(N)=S)cc1. The van der Waals surface area contributed by atoms with Crippen LogP contribution in [0.3, 0.4) is 0 Å². The van der Waals surface area contributed by atoms with Gasteiger partial charge in [0, 0.05) is 17.8 Å². The summed E-state index contributed by atoms with van der Waals surface area (Å²) in [7, 11) is 0. The predicted molar refractivity (Wildman–Crippen MR) is 70.4 cm³/mol. The third-order valence-corrected chi connectivity index (χ3v) is 2.02. The summed E-state index contributed by atoms with van der Waals surface area (Å²) in [4.78, 5) is 11.3. The van der Waals surface area contributed by atoms with Crippen molar-refractivity contribution in [2.24, 2.45) is 5.73 Å². The topological polar surface area (TPSA) is 67.2 Å². The van der Waals surface area contributed by atoms with Gasteiger partial charge < -0.3 is 16.4 Å². The number of rotatable bonds is 4. The molecule has 0 unspecified atom stereocenters. The van der Waals surface area contributed by atoms with Gasteiger partial charge in [-0.15, -0.1) is 0 Å². The summed E-state index contributed by atoms with van der Waals surface area (Å²) in [5.74, 6) is 0.0255. The van der Waals surface area contributed by atoms with E-state index in [0.29, 0.717) is 6.42 Å². The van der Waals surface area contributed by atoms with Crippen LogP contribution in [0.1, 0.15) is 19.8 Å². The Balaban J connectivity index is 2.57. The molecule has 0 aromatic heterocycles. The number of amides is 1. The third kappa shape index (κ3) is 4.27. The van der Waals surface area contributed by atoms with E-state index in [-0.39, 0.29) is 11.0 Å². The minimum absolute atomic E-state index is 0.0255. The summed E-state index contributed by atoms with van der Waals surface area (Å²) in [6.07, 6.45) is 1.37. The Bertz CT molecular complexity index is 375. The average molecular weight is 237 g/mol. The summed E-state index contributed by atoms with van der Waals surface area (Å²) in [6.45, 7) is 1.97. The Morgan fingerprint density at radius 1 is 1.25 bits per heavy atom. The van der Waals surface area contributed by atoms with Crippen LogP contribution in [-0.2, 0) is 4.79 Å². The van der Waals surface area contributed by atoms with Gasteiger partial charge in [0.2, 0.25) is 5.91 Å². The van der Waals surface area contributed by atoms with E-state index in [1.54, 1.807) is 24.3 Å². The molecule has 1 aromatic carbocycles. The fourth-order valence-corrected chi connectivity index (χ4v) is 1.35. The molecule has 0 heterocycles. The number of thiocarbonyl (C=S) groups is 1. The molecule has 1 rings (SSSR count). The van der Waals surface area contributed by atoms with Crippen molar-refractivity contribution in [3.05, 3.63) is 24.3 Å². The lowest BCUT2D eigenvalue weighted by Crippen LogP contribution is -2.18. The molecule has 0 aliphatic rings. The smallest absolute Gasteiger partial charge is 0.224 e. The summed E-state index contributed by atoms with van der Waals surface area (Å²) in [5.41, 5.74) is 6.91. The van der Waals surface area contributed by atoms with Gasteiger partial charge >= 0.3 is 0 Å². The molecule has 0 bridgehead atoms. The quantitative estimate of drug-likeness (QED) is 0.701. The van der Waals surface area contributed by atoms with Crippen molar-refractivity contribution in [1.29, 1.82) is 0 Å². The number of nitrogens with two attached hydrogens (primary N) is 1. The molecule has 0 aliphatic carbocycles. The molecule has 1 aromatic rings. The van der Waals surface area contributed by atoms with Crippen molar-refractivity contribution in [2.45, 2.75) is 19.8 Å². The van der Waals surface area contributed by atoms with Crippen LogP contribution >= 0.6 is 12.2 Å². The standard InChI is InChI=1S/C11H15N3OS/c1-2-3-10(15)13-8-4-6-9(7-5-8)14-11(12)16/h4-7H,2-3H2,1H3,(H,13,15)(H3,12,14,16). The van der Waals surface area contributed by atoms with Crippen molar-refractivity contribution < 1.29 is 4.79 Å². The van der Waals surface area contributed by atoms with Crippen molar-refractivity contribution in [3.63, 3.8) is 0 Å². The molecule has 0 fully saturated rings. The van der Waals surface area contributed by atoms with Gasteiger partial charge in [-0.2, -0.15) is 0 Å². The summed E-state index contributed by atoms with van der Waals surface area (Å²) >= 11 is 4.71. The molecular formula is C11H15N3OS. The van der Waals surface area contributed by atoms with Crippen LogP contribution in [0.4, 0.5) is 11.4 Å². The van der Waals surface area contributed by atoms with Gasteiger partial charge in [0.15, 0.2) is 5.11 Å². The summed E-state index contributed by atoms with van der Waals surface area (Å²) < 4.78 is 0. The predicted octanol–water partition coefficient (Wildman–Crippen LogP) is 2.08. The van der Waals surface area contributed by atoms with Crippen LogP contribution in [-0.4, -0.2) is 11.0 Å². The maximum absolute atomic E-state index is 11.3. The lowest BCUT2D eigenvalue weighted by molar-refractivity contribution is -0.116. The molecular weight excluding hydrogens is 222 g/mol. The van der Waals surface area contributed by atoms with E-state index < -0.39 is 0 Å². The second kappa shape index (κ2) is 6.07. The molecule has 0 saturated heterocycles. The van der Waals surface area contributed by atoms with Crippen molar-refractivity contribution in [3.8, 4) is 0 Å². The number of carbonyl (C=O) groups is 1. The first-order chi connectivity index (χ1) is 7.61. The Kier molecular flexibility index (Phi) is 4.72. The lowest BCUT2D eigenvalue weighted by Gasteiger charge is -2.06. The Labute approximate surface area is 100 Å². The van der Waals surface area contributed by atoms with Crippen LogP contribution in [0.2, 0.25) is 0 Å². The van der Waals surface area contributed by atoms with Gasteiger partial charge in [-0.1, -0.05) is 6.92 Å². The zero-order chi connectivity index (χ0) is 12.0. The molecule has 0 aliphatic heterocycles. The highest BCUT2D eigenvalue weighted by molar-refractivity contribution is 7.80. The molecule has 4 N–H and O–H groups in total. The molecule has 0 atom stereocenters. The molecule has 4 nitrogen and oxygen atoms in total. The minimum Gasteiger partial charge on any atom is -0.376 e. The van der Waals surface area contributed by atoms with Crippen LogP contribution in [0.15, 0.2) is 24.3 Å². The molecule has 0 radical (unpaired) electrons. The van der Waals surface area contributed by atoms with Crippen LogP contribution in [0, 0.1) is 0 Å². The first-order valence-corrected chi connectivity index (χ1v) is 5.49. The molecule has 5 heteroatoms. The maximum atomic E-state index is 11.3. The number of hydrogen-bond acceptors (Lipinski definition) is 2. The number of anilines is 2. The Hall–Kier alpha value is -1.62. The van der Waals surface area contributed by atoms with Gasteiger partial charge in [-0.3, -0.25) is 4.79 Å². The zero-order valence-electron chi connectivity index (χ0n) is 9.12. The van der Waals surface area contributed by atoms with E-state index in [1.807, 2.05) is 6.92 Å². The minimum atomic E-state index is 0.0255. The highest BCUT2D eigenvalue weighted by atomic mass is 32.1. The van der Waals surface area contributed by atoms with Crippen LogP contribution in [0.25, 0.3) is 0 Å². The fourth-order valence-electron chi connectivity index (χ4n) is 1.23. The molecule has 0 spiro atoms. The number of benzene rings is 1. The number of nitrogens with one attached hydrogen (secondary N) is 2. The van der Waals surface area contributed by atoms with Crippen LogP contribution in [0.5, 0.6) is 0 Å². The first kappa shape index (κ1) is 12.4. The van der Waals surface area contributed by atoms with Crippen molar-refractivity contribution in [1.82, 2.24) is 0 Å². The average Bonchev–Trinajstić information content (AvgIpc) is 2.20. The summed E-state index contributed by atoms with van der Waals surface area (Å²) in [6, 6.07) is 7.21. The van der Waals surface area contributed by atoms with Gasteiger partial charge in [0.05, 0.1) is 0 Å². The van der Waals surface area contributed by atoms with E-state index >= 15 is 0 Å². The Morgan fingerprint density at radius 2 is 1.75 bits per heavy atom. The zero-order valence-corrected chi connectivity index (χ0v) is 9.93. The van der Waals surface area contributed by atoms with Crippen molar-refractivity contribution in [2.75, 3.05) is 10.6 Å². The second-order valence-corrected chi connectivity index (χ2v) is 3.80. The first-order valence-electron chi connectivity index (χ1n) is 5.08. The van der Waals surface area contributed by atoms with E-state index in [1.165, 1.54) is 0 Å². The maximum Gasteiger partial charge on any atom is 0.224 e. The second-order valence-electron chi connectivity index (χ2n) is 3.36. The van der Waals surface area contributed by atoms with Gasteiger partial charge in [0.1, 0.15) is 0 Å². The third-order valence-electron chi connectivity index (χ3n) is 1.91. The lowest BCUT2D eigenvalue weighted by atomic mass is 10.2. The highest BCUT2D eigenvalue weighted by Gasteiger charge is 2.00. The molecule has 16 heavy (non-hydrogen) atoms. The monoisotopic (exact) mass is 237 g/mol. The van der Waals surface area contributed by atoms with Crippen molar-refractivity contribution >= 4 is 34.6 Å². The molecule has 1 amide bonds. The van der Waals surface area contributed by atoms with E-state index in [2.05, 4.69) is 10.6 Å².